The van der Waals surface area contributed by atoms with Crippen molar-refractivity contribution < 1.29 is 14.3 Å². The average molecular weight is 408 g/mol. The van der Waals surface area contributed by atoms with Crippen molar-refractivity contribution in [3.8, 4) is 11.5 Å². The minimum Gasteiger partial charge on any atom is -0.457 e. The van der Waals surface area contributed by atoms with Gasteiger partial charge < -0.3 is 10.1 Å². The SMILES string of the molecule is CC(=O)Cc1cccc(Oc2ccc(C(=O)CC3CC(C)(C)NC(C)(C)C3)cc2)c1. The van der Waals surface area contributed by atoms with Gasteiger partial charge in [-0.1, -0.05) is 12.1 Å². The van der Waals surface area contributed by atoms with Gasteiger partial charge in [0.2, 0.25) is 0 Å². The second kappa shape index (κ2) is 8.73. The molecule has 30 heavy (non-hydrogen) atoms. The molecule has 1 aliphatic rings. The van der Waals surface area contributed by atoms with E-state index in [4.69, 9.17) is 4.74 Å². The number of hydrogen-bond donors (Lipinski definition) is 1. The summed E-state index contributed by atoms with van der Waals surface area (Å²) in [5, 5.41) is 3.67. The number of carbonyl (C=O) groups excluding carboxylic acids is 2. The molecule has 1 heterocycles. The van der Waals surface area contributed by atoms with Gasteiger partial charge in [0, 0.05) is 29.5 Å². The summed E-state index contributed by atoms with van der Waals surface area (Å²) < 4.78 is 5.91. The van der Waals surface area contributed by atoms with Gasteiger partial charge >= 0.3 is 0 Å². The number of benzene rings is 2. The van der Waals surface area contributed by atoms with Crippen LogP contribution in [0.1, 0.15) is 69.8 Å². The van der Waals surface area contributed by atoms with Crippen molar-refractivity contribution in [2.45, 2.75) is 71.4 Å². The largest absolute Gasteiger partial charge is 0.457 e. The number of ketones is 2. The lowest BCUT2D eigenvalue weighted by atomic mass is 9.74. The van der Waals surface area contributed by atoms with Gasteiger partial charge in [-0.05, 0) is 95.3 Å². The zero-order valence-corrected chi connectivity index (χ0v) is 18.7. The van der Waals surface area contributed by atoms with Crippen LogP contribution in [0.4, 0.5) is 0 Å². The smallest absolute Gasteiger partial charge is 0.163 e. The lowest BCUT2D eigenvalue weighted by molar-refractivity contribution is -0.116. The summed E-state index contributed by atoms with van der Waals surface area (Å²) in [6.45, 7) is 10.4. The van der Waals surface area contributed by atoms with E-state index < -0.39 is 0 Å². The average Bonchev–Trinajstić information content (AvgIpc) is 2.59. The highest BCUT2D eigenvalue weighted by Crippen LogP contribution is 2.35. The number of Topliss-reactive ketones (excluding diaryl/α,β-unsaturated/α-hetero) is 2. The quantitative estimate of drug-likeness (QED) is 0.595. The Kier molecular flexibility index (Phi) is 6.47. The van der Waals surface area contributed by atoms with Crippen molar-refractivity contribution in [3.05, 3.63) is 59.7 Å². The Bertz CT molecular complexity index is 896. The summed E-state index contributed by atoms with van der Waals surface area (Å²) in [5.74, 6) is 2.05. The van der Waals surface area contributed by atoms with Crippen molar-refractivity contribution in [1.29, 1.82) is 0 Å². The molecule has 0 saturated carbocycles. The highest BCUT2D eigenvalue weighted by atomic mass is 16.5. The molecule has 4 nitrogen and oxygen atoms in total. The Morgan fingerprint density at radius 1 is 0.967 bits per heavy atom. The van der Waals surface area contributed by atoms with Crippen LogP contribution in [-0.4, -0.2) is 22.6 Å². The molecule has 0 aromatic heterocycles. The maximum absolute atomic E-state index is 12.9. The van der Waals surface area contributed by atoms with Crippen LogP contribution in [0, 0.1) is 5.92 Å². The van der Waals surface area contributed by atoms with E-state index in [9.17, 15) is 9.59 Å². The van der Waals surface area contributed by atoms with Crippen molar-refractivity contribution in [3.63, 3.8) is 0 Å². The molecule has 0 amide bonds. The van der Waals surface area contributed by atoms with Gasteiger partial charge in [-0.15, -0.1) is 0 Å². The molecule has 1 fully saturated rings. The lowest BCUT2D eigenvalue weighted by Crippen LogP contribution is -2.57. The molecule has 0 bridgehead atoms. The van der Waals surface area contributed by atoms with Crippen molar-refractivity contribution in [1.82, 2.24) is 5.32 Å². The second-order valence-electron chi connectivity index (χ2n) is 9.95. The molecule has 3 rings (SSSR count). The Morgan fingerprint density at radius 3 is 2.20 bits per heavy atom. The number of hydrogen-bond acceptors (Lipinski definition) is 4. The van der Waals surface area contributed by atoms with Gasteiger partial charge in [-0.25, -0.2) is 0 Å². The molecule has 1 aliphatic heterocycles. The van der Waals surface area contributed by atoms with E-state index in [1.165, 1.54) is 0 Å². The topological polar surface area (TPSA) is 55.4 Å². The zero-order valence-electron chi connectivity index (χ0n) is 18.7. The minimum absolute atomic E-state index is 0.0430. The van der Waals surface area contributed by atoms with Crippen molar-refractivity contribution in [2.75, 3.05) is 0 Å². The first kappa shape index (κ1) is 22.2. The Balaban J connectivity index is 1.63. The monoisotopic (exact) mass is 407 g/mol. The molecular formula is C26H33NO3. The van der Waals surface area contributed by atoms with Crippen LogP contribution in [0.15, 0.2) is 48.5 Å². The van der Waals surface area contributed by atoms with E-state index in [0.29, 0.717) is 30.3 Å². The first-order valence-corrected chi connectivity index (χ1v) is 10.7. The van der Waals surface area contributed by atoms with Crippen LogP contribution >= 0.6 is 0 Å². The van der Waals surface area contributed by atoms with Gasteiger partial charge in [-0.2, -0.15) is 0 Å². The van der Waals surface area contributed by atoms with Crippen LogP contribution in [0.3, 0.4) is 0 Å². The fourth-order valence-electron chi connectivity index (χ4n) is 4.91. The first-order chi connectivity index (χ1) is 14.0. The molecule has 0 aliphatic carbocycles. The molecule has 0 unspecified atom stereocenters. The highest BCUT2D eigenvalue weighted by Gasteiger charge is 2.38. The van der Waals surface area contributed by atoms with Crippen LogP contribution in [0.5, 0.6) is 11.5 Å². The first-order valence-electron chi connectivity index (χ1n) is 10.7. The van der Waals surface area contributed by atoms with E-state index in [2.05, 4.69) is 33.0 Å². The fourth-order valence-corrected chi connectivity index (χ4v) is 4.91. The number of ether oxygens (including phenoxy) is 1. The third-order valence-corrected chi connectivity index (χ3v) is 5.51. The standard InChI is InChI=1S/C26H33NO3/c1-18(28)13-19-7-6-8-23(14-19)30-22-11-9-21(10-12-22)24(29)15-20-16-25(2,3)27-26(4,5)17-20/h6-12,14,20,27H,13,15-17H2,1-5H3. The molecule has 4 heteroatoms. The Morgan fingerprint density at radius 2 is 1.60 bits per heavy atom. The van der Waals surface area contributed by atoms with E-state index in [0.717, 1.165) is 24.0 Å². The van der Waals surface area contributed by atoms with E-state index >= 15 is 0 Å². The molecular weight excluding hydrogens is 374 g/mol. The molecule has 1 saturated heterocycles. The van der Waals surface area contributed by atoms with E-state index in [-0.39, 0.29) is 22.6 Å². The van der Waals surface area contributed by atoms with Gasteiger partial charge in [0.05, 0.1) is 0 Å². The molecule has 160 valence electrons. The predicted octanol–water partition coefficient (Wildman–Crippen LogP) is 5.74. The van der Waals surface area contributed by atoms with Gasteiger partial charge in [0.25, 0.3) is 0 Å². The van der Waals surface area contributed by atoms with Crippen LogP contribution in [-0.2, 0) is 11.2 Å². The maximum atomic E-state index is 12.9. The maximum Gasteiger partial charge on any atom is 0.163 e. The summed E-state index contributed by atoms with van der Waals surface area (Å²) in [6.07, 6.45) is 2.97. The number of carbonyl (C=O) groups is 2. The Hall–Kier alpha value is -2.46. The van der Waals surface area contributed by atoms with Crippen molar-refractivity contribution in [2.24, 2.45) is 5.92 Å². The Labute approximate surface area is 180 Å². The third kappa shape index (κ3) is 6.27. The fraction of sp³-hybridized carbons (Fsp3) is 0.462. The molecule has 1 N–H and O–H groups in total. The molecule has 2 aromatic carbocycles. The lowest BCUT2D eigenvalue weighted by Gasteiger charge is -2.46. The molecule has 0 radical (unpaired) electrons. The second-order valence-corrected chi connectivity index (χ2v) is 9.95. The zero-order chi connectivity index (χ0) is 21.9. The summed E-state index contributed by atoms with van der Waals surface area (Å²) in [6, 6.07) is 14.9. The van der Waals surface area contributed by atoms with Crippen LogP contribution in [0.2, 0.25) is 0 Å². The number of nitrogens with one attached hydrogen (secondary N) is 1. The number of piperidine rings is 1. The minimum atomic E-state index is 0.0430. The van der Waals surface area contributed by atoms with Crippen LogP contribution in [0.25, 0.3) is 0 Å². The predicted molar refractivity (Wildman–Crippen MR) is 120 cm³/mol. The number of rotatable bonds is 7. The van der Waals surface area contributed by atoms with E-state index in [1.54, 1.807) is 6.92 Å². The summed E-state index contributed by atoms with van der Waals surface area (Å²) in [5.41, 5.74) is 1.74. The van der Waals surface area contributed by atoms with Crippen molar-refractivity contribution >= 4 is 11.6 Å². The highest BCUT2D eigenvalue weighted by molar-refractivity contribution is 5.96. The van der Waals surface area contributed by atoms with Gasteiger partial charge in [0.1, 0.15) is 17.3 Å². The summed E-state index contributed by atoms with van der Waals surface area (Å²) in [4.78, 5) is 24.2. The van der Waals surface area contributed by atoms with Gasteiger partial charge in [-0.3, -0.25) is 9.59 Å². The van der Waals surface area contributed by atoms with Crippen LogP contribution < -0.4 is 10.1 Å². The summed E-state index contributed by atoms with van der Waals surface area (Å²) in [7, 11) is 0. The summed E-state index contributed by atoms with van der Waals surface area (Å²) >= 11 is 0. The normalized spacial score (nSPS) is 18.0. The molecule has 0 spiro atoms. The molecule has 0 atom stereocenters. The van der Waals surface area contributed by atoms with E-state index in [1.807, 2.05) is 48.5 Å². The molecule has 2 aromatic rings. The third-order valence-electron chi connectivity index (χ3n) is 5.51. The van der Waals surface area contributed by atoms with Gasteiger partial charge in [0.15, 0.2) is 5.78 Å².